The Balaban J connectivity index is 1.59. The smallest absolute Gasteiger partial charge is 0.294 e. The van der Waals surface area contributed by atoms with Crippen LogP contribution in [0.2, 0.25) is 0 Å². The Morgan fingerprint density at radius 3 is 1.33 bits per heavy atom. The second-order valence-corrected chi connectivity index (χ2v) is 11.2. The van der Waals surface area contributed by atoms with Crippen LogP contribution in [-0.4, -0.2) is 26.1 Å². The molecule has 212 valence electrons. The van der Waals surface area contributed by atoms with Gasteiger partial charge in [0.2, 0.25) is 0 Å². The summed E-state index contributed by atoms with van der Waals surface area (Å²) < 4.78 is 35.0. The predicted octanol–water partition coefficient (Wildman–Crippen LogP) is 7.44. The number of hydrogen-bond acceptors (Lipinski definition) is 6. The van der Waals surface area contributed by atoms with E-state index in [0.717, 1.165) is 33.9 Å². The fourth-order valence-electron chi connectivity index (χ4n) is 5.22. The molecule has 8 heteroatoms. The summed E-state index contributed by atoms with van der Waals surface area (Å²) in [5, 5.41) is 19.0. The highest BCUT2D eigenvalue weighted by Crippen LogP contribution is 2.38. The summed E-state index contributed by atoms with van der Waals surface area (Å²) in [7, 11) is -4.51. The van der Waals surface area contributed by atoms with Gasteiger partial charge in [0.15, 0.2) is 0 Å². The third kappa shape index (κ3) is 6.58. The fraction of sp³-hybridized carbons (Fsp3) is 0.0857. The van der Waals surface area contributed by atoms with Gasteiger partial charge in [0.05, 0.1) is 17.0 Å². The van der Waals surface area contributed by atoms with Crippen LogP contribution in [0.5, 0.6) is 0 Å². The predicted molar refractivity (Wildman–Crippen MR) is 168 cm³/mol. The first kappa shape index (κ1) is 29.1. The van der Waals surface area contributed by atoms with E-state index in [0.29, 0.717) is 5.56 Å². The van der Waals surface area contributed by atoms with Crippen LogP contribution >= 0.6 is 0 Å². The molecule has 5 rings (SSSR count). The van der Waals surface area contributed by atoms with E-state index < -0.39 is 16.0 Å². The monoisotopic (exact) mass is 584 g/mol. The fourth-order valence-corrected chi connectivity index (χ4v) is 5.95. The number of nitrogens with zero attached hydrogens (tertiary/aromatic N) is 4. The summed E-state index contributed by atoms with van der Waals surface area (Å²) in [4.78, 5) is 3.62. The zero-order valence-electron chi connectivity index (χ0n) is 23.2. The molecule has 0 fully saturated rings. The van der Waals surface area contributed by atoms with Gasteiger partial charge in [-0.05, 0) is 71.3 Å². The molecule has 0 aliphatic heterocycles. The van der Waals surface area contributed by atoms with Crippen molar-refractivity contribution in [1.82, 2.24) is 0 Å². The zero-order valence-corrected chi connectivity index (χ0v) is 24.0. The quantitative estimate of drug-likeness (QED) is 0.103. The molecule has 0 heterocycles. The van der Waals surface area contributed by atoms with E-state index in [2.05, 4.69) is 12.1 Å². The van der Waals surface area contributed by atoms with Crippen molar-refractivity contribution >= 4 is 32.9 Å². The zero-order chi connectivity index (χ0) is 30.2. The van der Waals surface area contributed by atoms with Gasteiger partial charge in [0.25, 0.3) is 10.1 Å². The van der Waals surface area contributed by atoms with Crippen LogP contribution in [-0.2, 0) is 10.1 Å². The highest BCUT2D eigenvalue weighted by molar-refractivity contribution is 7.85. The van der Waals surface area contributed by atoms with E-state index in [1.807, 2.05) is 119 Å². The summed E-state index contributed by atoms with van der Waals surface area (Å²) in [5.74, 6) is -0.538. The van der Waals surface area contributed by atoms with Gasteiger partial charge in [-0.2, -0.15) is 18.9 Å². The minimum absolute atomic E-state index is 0.153. The Hall–Kier alpha value is -5.41. The highest BCUT2D eigenvalue weighted by atomic mass is 32.2. The summed E-state index contributed by atoms with van der Waals surface area (Å²) in [6.07, 6.45) is 0. The second-order valence-electron chi connectivity index (χ2n) is 9.79. The van der Waals surface area contributed by atoms with E-state index in [1.54, 1.807) is 18.2 Å². The van der Waals surface area contributed by atoms with Crippen molar-refractivity contribution in [1.29, 1.82) is 10.5 Å². The second kappa shape index (κ2) is 13.1. The number of anilines is 4. The molecule has 0 aliphatic rings. The molecular formula is C35H28N4O3S. The molecule has 0 radical (unpaired) electrons. The normalized spacial score (nSPS) is 11.0. The van der Waals surface area contributed by atoms with Crippen molar-refractivity contribution in [2.75, 3.05) is 22.9 Å². The molecule has 1 N–H and O–H groups in total. The van der Waals surface area contributed by atoms with Crippen molar-refractivity contribution < 1.29 is 13.0 Å². The molecule has 5 aromatic rings. The molecule has 0 saturated heterocycles. The lowest BCUT2D eigenvalue weighted by Gasteiger charge is -2.25. The van der Waals surface area contributed by atoms with Gasteiger partial charge in [0.1, 0.15) is 13.1 Å². The molecule has 0 unspecified atom stereocenters. The van der Waals surface area contributed by atoms with Crippen LogP contribution in [0.25, 0.3) is 0 Å². The van der Waals surface area contributed by atoms with E-state index in [1.165, 1.54) is 6.07 Å². The minimum atomic E-state index is -4.51. The largest absolute Gasteiger partial charge is 0.328 e. The first-order valence-electron chi connectivity index (χ1n) is 13.6. The van der Waals surface area contributed by atoms with Crippen LogP contribution in [0, 0.1) is 22.7 Å². The molecule has 0 aromatic heterocycles. The summed E-state index contributed by atoms with van der Waals surface area (Å²) in [6, 6.07) is 45.3. The van der Waals surface area contributed by atoms with Gasteiger partial charge >= 0.3 is 0 Å². The lowest BCUT2D eigenvalue weighted by Crippen LogP contribution is -2.17. The molecule has 43 heavy (non-hydrogen) atoms. The van der Waals surface area contributed by atoms with E-state index in [9.17, 15) is 23.5 Å². The first-order chi connectivity index (χ1) is 20.9. The molecule has 5 aromatic carbocycles. The average Bonchev–Trinajstić information content (AvgIpc) is 3.04. The summed E-state index contributed by atoms with van der Waals surface area (Å²) >= 11 is 0. The maximum atomic E-state index is 12.4. The van der Waals surface area contributed by atoms with Gasteiger partial charge in [-0.1, -0.05) is 78.9 Å². The Bertz CT molecular complexity index is 1760. The topological polar surface area (TPSA) is 108 Å². The van der Waals surface area contributed by atoms with Crippen molar-refractivity contribution in [3.63, 3.8) is 0 Å². The average molecular weight is 585 g/mol. The van der Waals surface area contributed by atoms with Crippen LogP contribution in [0.3, 0.4) is 0 Å². The minimum Gasteiger partial charge on any atom is -0.328 e. The number of rotatable bonds is 10. The van der Waals surface area contributed by atoms with Crippen LogP contribution in [0.15, 0.2) is 138 Å². The summed E-state index contributed by atoms with van der Waals surface area (Å²) in [5.41, 5.74) is 5.40. The van der Waals surface area contributed by atoms with E-state index in [4.69, 9.17) is 0 Å². The van der Waals surface area contributed by atoms with Crippen molar-refractivity contribution in [2.45, 2.75) is 10.8 Å². The van der Waals surface area contributed by atoms with Crippen LogP contribution < -0.4 is 9.80 Å². The lowest BCUT2D eigenvalue weighted by atomic mass is 9.85. The van der Waals surface area contributed by atoms with E-state index in [-0.39, 0.29) is 18.0 Å². The number of hydrogen-bond donors (Lipinski definition) is 1. The third-order valence-electron chi connectivity index (χ3n) is 7.18. The highest BCUT2D eigenvalue weighted by Gasteiger charge is 2.25. The molecule has 0 amide bonds. The van der Waals surface area contributed by atoms with Crippen LogP contribution in [0.1, 0.15) is 22.6 Å². The lowest BCUT2D eigenvalue weighted by molar-refractivity contribution is 0.482. The molecule has 7 nitrogen and oxygen atoms in total. The Morgan fingerprint density at radius 1 is 0.558 bits per heavy atom. The van der Waals surface area contributed by atoms with Crippen molar-refractivity contribution in [3.05, 3.63) is 150 Å². The SMILES string of the molecule is N#CCN(c1ccccc1)c1ccc(C(c2ccc(N(CC#N)c3ccccc3)cc2)c2ccccc2S(=O)(=O)O)cc1. The number of nitriles is 2. The molecule has 0 spiro atoms. The maximum Gasteiger partial charge on any atom is 0.294 e. The van der Waals surface area contributed by atoms with Gasteiger partial charge in [-0.25, -0.2) is 0 Å². The number of benzene rings is 5. The van der Waals surface area contributed by atoms with Gasteiger partial charge in [-0.15, -0.1) is 0 Å². The molecule has 0 atom stereocenters. The molecule has 0 saturated carbocycles. The Kier molecular flexibility index (Phi) is 8.83. The standard InChI is InChI=1S/C35H28N4O3S/c36-23-25-38(29-9-3-1-4-10-29)31-19-15-27(16-20-31)35(33-13-7-8-14-34(33)43(40,41)42)28-17-21-32(22-18-28)39(26-24-37)30-11-5-2-6-12-30/h1-22,35H,25-26H2,(H,40,41,42). The van der Waals surface area contributed by atoms with Gasteiger partial charge in [0, 0.05) is 28.7 Å². The number of para-hydroxylation sites is 2. The maximum absolute atomic E-state index is 12.4. The molecule has 0 bridgehead atoms. The van der Waals surface area contributed by atoms with Gasteiger partial charge in [-0.3, -0.25) is 4.55 Å². The van der Waals surface area contributed by atoms with Crippen molar-refractivity contribution in [3.8, 4) is 12.1 Å². The Morgan fingerprint density at radius 2 is 0.930 bits per heavy atom. The Labute approximate surface area is 251 Å². The molecule has 0 aliphatic carbocycles. The first-order valence-corrected chi connectivity index (χ1v) is 15.0. The van der Waals surface area contributed by atoms with Gasteiger partial charge < -0.3 is 9.80 Å². The van der Waals surface area contributed by atoms with Crippen molar-refractivity contribution in [2.24, 2.45) is 0 Å². The van der Waals surface area contributed by atoms with E-state index >= 15 is 0 Å². The third-order valence-corrected chi connectivity index (χ3v) is 8.11. The van der Waals surface area contributed by atoms with Crippen LogP contribution in [0.4, 0.5) is 22.7 Å². The summed E-state index contributed by atoms with van der Waals surface area (Å²) in [6.45, 7) is 0.306. The molecular weight excluding hydrogens is 556 g/mol.